The van der Waals surface area contributed by atoms with Crippen molar-refractivity contribution in [1.29, 1.82) is 0 Å². The van der Waals surface area contributed by atoms with Gasteiger partial charge in [-0.3, -0.25) is 4.90 Å². The Labute approximate surface area is 126 Å². The number of benzene rings is 1. The third kappa shape index (κ3) is 4.96. The van der Waals surface area contributed by atoms with E-state index in [9.17, 15) is 0 Å². The maximum atomic E-state index is 6.06. The molecule has 0 saturated carbocycles. The number of hydrogen-bond donors (Lipinski definition) is 1. The molecular formula is C15H22Cl2N2. The van der Waals surface area contributed by atoms with Crippen molar-refractivity contribution in [2.75, 3.05) is 26.2 Å². The highest BCUT2D eigenvalue weighted by Crippen LogP contribution is 2.21. The lowest BCUT2D eigenvalue weighted by Gasteiger charge is -2.29. The summed E-state index contributed by atoms with van der Waals surface area (Å²) in [6, 6.07) is 5.81. The van der Waals surface area contributed by atoms with Gasteiger partial charge in [0, 0.05) is 23.1 Å². The van der Waals surface area contributed by atoms with E-state index in [1.54, 1.807) is 6.07 Å². The zero-order valence-electron chi connectivity index (χ0n) is 11.5. The molecule has 0 aliphatic carbocycles. The quantitative estimate of drug-likeness (QED) is 0.889. The Morgan fingerprint density at radius 3 is 2.37 bits per heavy atom. The van der Waals surface area contributed by atoms with Crippen LogP contribution in [0.1, 0.15) is 25.3 Å². The average Bonchev–Trinajstić information content (AvgIpc) is 2.38. The maximum Gasteiger partial charge on any atom is 0.0424 e. The smallest absolute Gasteiger partial charge is 0.0424 e. The van der Waals surface area contributed by atoms with Crippen LogP contribution in [-0.2, 0) is 6.54 Å². The molecule has 1 saturated heterocycles. The van der Waals surface area contributed by atoms with Gasteiger partial charge < -0.3 is 5.32 Å². The second kappa shape index (κ2) is 7.49. The van der Waals surface area contributed by atoms with E-state index in [1.807, 2.05) is 12.1 Å². The minimum Gasteiger partial charge on any atom is -0.317 e. The Hall–Kier alpha value is -0.280. The van der Waals surface area contributed by atoms with Crippen molar-refractivity contribution in [1.82, 2.24) is 10.2 Å². The van der Waals surface area contributed by atoms with Gasteiger partial charge in [0.1, 0.15) is 0 Å². The molecule has 1 heterocycles. The molecule has 4 heteroatoms. The Bertz CT molecular complexity index is 383. The van der Waals surface area contributed by atoms with Gasteiger partial charge in [-0.15, -0.1) is 0 Å². The molecule has 1 aliphatic rings. The monoisotopic (exact) mass is 300 g/mol. The third-order valence-electron chi connectivity index (χ3n) is 3.75. The summed E-state index contributed by atoms with van der Waals surface area (Å²) in [5.41, 5.74) is 1.20. The lowest BCUT2D eigenvalue weighted by Crippen LogP contribution is -2.35. The summed E-state index contributed by atoms with van der Waals surface area (Å²) in [6.07, 6.45) is 2.57. The molecule has 0 unspecified atom stereocenters. The van der Waals surface area contributed by atoms with Crippen LogP contribution in [0.25, 0.3) is 0 Å². The summed E-state index contributed by atoms with van der Waals surface area (Å²) < 4.78 is 0. The molecule has 1 aliphatic heterocycles. The first-order chi connectivity index (χ1) is 9.17. The van der Waals surface area contributed by atoms with Crippen molar-refractivity contribution in [3.8, 4) is 0 Å². The summed E-state index contributed by atoms with van der Waals surface area (Å²) in [4.78, 5) is 2.48. The van der Waals surface area contributed by atoms with Gasteiger partial charge >= 0.3 is 0 Å². The number of hydrogen-bond acceptors (Lipinski definition) is 2. The first-order valence-corrected chi connectivity index (χ1v) is 7.81. The lowest BCUT2D eigenvalue weighted by atomic mass is 9.97. The molecule has 1 aromatic carbocycles. The van der Waals surface area contributed by atoms with Crippen molar-refractivity contribution in [2.45, 2.75) is 26.3 Å². The molecular weight excluding hydrogens is 279 g/mol. The number of halogens is 2. The van der Waals surface area contributed by atoms with Gasteiger partial charge in [0.05, 0.1) is 0 Å². The van der Waals surface area contributed by atoms with Crippen molar-refractivity contribution in [3.63, 3.8) is 0 Å². The van der Waals surface area contributed by atoms with E-state index in [4.69, 9.17) is 23.2 Å². The molecule has 0 spiro atoms. The minimum atomic E-state index is 0.723. The fourth-order valence-corrected chi connectivity index (χ4v) is 3.27. The van der Waals surface area contributed by atoms with E-state index in [1.165, 1.54) is 24.9 Å². The summed E-state index contributed by atoms with van der Waals surface area (Å²) >= 11 is 12.1. The molecule has 0 bridgehead atoms. The predicted molar refractivity (Wildman–Crippen MR) is 83.0 cm³/mol. The van der Waals surface area contributed by atoms with Crippen molar-refractivity contribution in [2.24, 2.45) is 5.92 Å². The van der Waals surface area contributed by atoms with Gasteiger partial charge in [-0.05, 0) is 62.2 Å². The van der Waals surface area contributed by atoms with E-state index in [-0.39, 0.29) is 0 Å². The van der Waals surface area contributed by atoms with Gasteiger partial charge in [0.15, 0.2) is 0 Å². The zero-order chi connectivity index (χ0) is 13.7. The topological polar surface area (TPSA) is 15.3 Å². The van der Waals surface area contributed by atoms with Crippen molar-refractivity contribution in [3.05, 3.63) is 33.8 Å². The fraction of sp³-hybridized carbons (Fsp3) is 0.600. The fourth-order valence-electron chi connectivity index (χ4n) is 2.70. The summed E-state index contributed by atoms with van der Waals surface area (Å²) in [5.74, 6) is 0.816. The number of nitrogens with zero attached hydrogens (tertiary/aromatic N) is 1. The van der Waals surface area contributed by atoms with E-state index >= 15 is 0 Å². The van der Waals surface area contributed by atoms with Crippen LogP contribution < -0.4 is 5.32 Å². The maximum absolute atomic E-state index is 6.06. The summed E-state index contributed by atoms with van der Waals surface area (Å²) in [7, 11) is 0. The van der Waals surface area contributed by atoms with Gasteiger partial charge in [-0.2, -0.15) is 0 Å². The van der Waals surface area contributed by atoms with E-state index in [2.05, 4.69) is 17.1 Å². The first-order valence-electron chi connectivity index (χ1n) is 7.05. The molecule has 19 heavy (non-hydrogen) atoms. The standard InChI is InChI=1S/C15H22Cl2N2/c1-2-19(10-12-3-5-18-6-4-12)11-13-7-14(16)9-15(17)8-13/h7-9,12,18H,2-6,10-11H2,1H3. The Morgan fingerprint density at radius 1 is 1.16 bits per heavy atom. The van der Waals surface area contributed by atoms with Crippen molar-refractivity contribution < 1.29 is 0 Å². The number of piperidine rings is 1. The molecule has 2 nitrogen and oxygen atoms in total. The second-order valence-electron chi connectivity index (χ2n) is 5.30. The van der Waals surface area contributed by atoms with Crippen LogP contribution in [0.4, 0.5) is 0 Å². The highest BCUT2D eigenvalue weighted by Gasteiger charge is 2.16. The van der Waals surface area contributed by atoms with Crippen LogP contribution in [-0.4, -0.2) is 31.1 Å². The number of nitrogens with one attached hydrogen (secondary N) is 1. The van der Waals surface area contributed by atoms with E-state index in [0.717, 1.165) is 42.1 Å². The molecule has 106 valence electrons. The largest absolute Gasteiger partial charge is 0.317 e. The molecule has 0 amide bonds. The van der Waals surface area contributed by atoms with Crippen LogP contribution in [0.5, 0.6) is 0 Å². The van der Waals surface area contributed by atoms with Crippen LogP contribution in [0.15, 0.2) is 18.2 Å². The predicted octanol–water partition coefficient (Wildman–Crippen LogP) is 3.81. The molecule has 2 rings (SSSR count). The Balaban J connectivity index is 1.93. The number of rotatable bonds is 5. The highest BCUT2D eigenvalue weighted by molar-refractivity contribution is 6.34. The van der Waals surface area contributed by atoms with Crippen LogP contribution in [0, 0.1) is 5.92 Å². The van der Waals surface area contributed by atoms with Gasteiger partial charge in [0.2, 0.25) is 0 Å². The van der Waals surface area contributed by atoms with Crippen LogP contribution in [0.2, 0.25) is 10.0 Å². The molecule has 0 atom stereocenters. The Morgan fingerprint density at radius 2 is 1.79 bits per heavy atom. The lowest BCUT2D eigenvalue weighted by molar-refractivity contribution is 0.207. The average molecular weight is 301 g/mol. The first kappa shape index (κ1) is 15.1. The SMILES string of the molecule is CCN(Cc1cc(Cl)cc(Cl)c1)CC1CCNCC1. The van der Waals surface area contributed by atoms with Crippen molar-refractivity contribution >= 4 is 23.2 Å². The van der Waals surface area contributed by atoms with Gasteiger partial charge in [0.25, 0.3) is 0 Å². The van der Waals surface area contributed by atoms with Crippen LogP contribution in [0.3, 0.4) is 0 Å². The molecule has 1 aromatic rings. The normalized spacial score (nSPS) is 17.1. The summed E-state index contributed by atoms with van der Waals surface area (Å²) in [5, 5.41) is 4.86. The second-order valence-corrected chi connectivity index (χ2v) is 6.17. The molecule has 0 radical (unpaired) electrons. The minimum absolute atomic E-state index is 0.723. The summed E-state index contributed by atoms with van der Waals surface area (Å²) in [6.45, 7) is 7.70. The Kier molecular flexibility index (Phi) is 5.96. The zero-order valence-corrected chi connectivity index (χ0v) is 13.0. The van der Waals surface area contributed by atoms with Gasteiger partial charge in [-0.1, -0.05) is 30.1 Å². The molecule has 0 aromatic heterocycles. The van der Waals surface area contributed by atoms with Crippen LogP contribution >= 0.6 is 23.2 Å². The molecule has 1 fully saturated rings. The highest BCUT2D eigenvalue weighted by atomic mass is 35.5. The van der Waals surface area contributed by atoms with Gasteiger partial charge in [-0.25, -0.2) is 0 Å². The third-order valence-corrected chi connectivity index (χ3v) is 4.19. The molecule has 1 N–H and O–H groups in total. The van der Waals surface area contributed by atoms with E-state index < -0.39 is 0 Å². The van der Waals surface area contributed by atoms with E-state index in [0.29, 0.717) is 0 Å².